The van der Waals surface area contributed by atoms with Crippen LogP contribution in [0, 0.1) is 5.92 Å². The Morgan fingerprint density at radius 2 is 2.08 bits per heavy atom. The number of hydrogen-bond acceptors (Lipinski definition) is 4. The summed E-state index contributed by atoms with van der Waals surface area (Å²) in [7, 11) is 1.45. The number of carbonyl (C=O) groups is 2. The van der Waals surface area contributed by atoms with E-state index in [4.69, 9.17) is 26.8 Å². The van der Waals surface area contributed by atoms with Gasteiger partial charge < -0.3 is 20.1 Å². The summed E-state index contributed by atoms with van der Waals surface area (Å²) in [4.78, 5) is 25.5. The Hall–Kier alpha value is -1.95. The minimum atomic E-state index is -0.619. The lowest BCUT2D eigenvalue weighted by Gasteiger charge is -2.21. The quantitative estimate of drug-likeness (QED) is 0.880. The zero-order valence-corrected chi connectivity index (χ0v) is 14.8. The second kappa shape index (κ2) is 8.24. The van der Waals surface area contributed by atoms with Crippen molar-refractivity contribution in [1.82, 2.24) is 4.90 Å². The summed E-state index contributed by atoms with van der Waals surface area (Å²) in [5, 5.41) is 0.210. The third kappa shape index (κ3) is 4.54. The fraction of sp³-hybridized carbons (Fsp3) is 0.529. The summed E-state index contributed by atoms with van der Waals surface area (Å²) < 4.78 is 10.5. The van der Waals surface area contributed by atoms with Gasteiger partial charge >= 0.3 is 0 Å². The molecule has 1 saturated heterocycles. The normalized spacial score (nSPS) is 18.0. The van der Waals surface area contributed by atoms with Gasteiger partial charge in [0.05, 0.1) is 12.1 Å². The second-order valence-corrected chi connectivity index (χ2v) is 6.48. The number of primary amides is 1. The molecule has 2 N–H and O–H groups in total. The zero-order valence-electron chi connectivity index (χ0n) is 14.0. The van der Waals surface area contributed by atoms with Crippen LogP contribution in [-0.2, 0) is 4.79 Å². The number of ether oxygens (including phenoxy) is 2. The van der Waals surface area contributed by atoms with Crippen molar-refractivity contribution in [1.29, 1.82) is 0 Å². The molecule has 132 valence electrons. The van der Waals surface area contributed by atoms with Gasteiger partial charge in [0.2, 0.25) is 0 Å². The van der Waals surface area contributed by atoms with Crippen molar-refractivity contribution in [2.24, 2.45) is 11.7 Å². The molecule has 0 spiro atoms. The number of hydrogen-bond donors (Lipinski definition) is 1. The summed E-state index contributed by atoms with van der Waals surface area (Å²) in [5.74, 6) is 0.442. The number of carbonyl (C=O) groups excluding carboxylic acids is 2. The van der Waals surface area contributed by atoms with Crippen molar-refractivity contribution in [3.05, 3.63) is 22.7 Å². The molecule has 1 aliphatic rings. The van der Waals surface area contributed by atoms with E-state index < -0.39 is 5.91 Å². The Bertz CT molecular complexity index is 621. The van der Waals surface area contributed by atoms with Crippen LogP contribution in [0.25, 0.3) is 0 Å². The highest BCUT2D eigenvalue weighted by molar-refractivity contribution is 6.32. The van der Waals surface area contributed by atoms with E-state index in [2.05, 4.69) is 6.92 Å². The Kier molecular flexibility index (Phi) is 6.31. The minimum absolute atomic E-state index is 0.0780. The Balaban J connectivity index is 2.22. The van der Waals surface area contributed by atoms with Gasteiger partial charge in [0, 0.05) is 18.7 Å². The van der Waals surface area contributed by atoms with E-state index in [1.807, 2.05) is 4.90 Å². The van der Waals surface area contributed by atoms with Gasteiger partial charge in [0.15, 0.2) is 18.1 Å². The number of likely N-dealkylation sites (tertiary alicyclic amines) is 1. The highest BCUT2D eigenvalue weighted by Gasteiger charge is 2.22. The van der Waals surface area contributed by atoms with Crippen LogP contribution < -0.4 is 15.2 Å². The summed E-state index contributed by atoms with van der Waals surface area (Å²) >= 11 is 6.21. The Morgan fingerprint density at radius 3 is 2.75 bits per heavy atom. The Morgan fingerprint density at radius 1 is 1.33 bits per heavy atom. The molecule has 24 heavy (non-hydrogen) atoms. The number of rotatable bonds is 5. The highest BCUT2D eigenvalue weighted by Crippen LogP contribution is 2.37. The van der Waals surface area contributed by atoms with E-state index in [0.29, 0.717) is 17.2 Å². The molecule has 0 saturated carbocycles. The van der Waals surface area contributed by atoms with Crippen molar-refractivity contribution < 1.29 is 19.1 Å². The number of halogens is 1. The topological polar surface area (TPSA) is 81.9 Å². The van der Waals surface area contributed by atoms with E-state index in [-0.39, 0.29) is 23.3 Å². The van der Waals surface area contributed by atoms with E-state index in [0.717, 1.165) is 32.4 Å². The lowest BCUT2D eigenvalue weighted by Crippen LogP contribution is -2.32. The van der Waals surface area contributed by atoms with Crippen molar-refractivity contribution in [3.63, 3.8) is 0 Å². The summed E-state index contributed by atoms with van der Waals surface area (Å²) in [6.07, 6.45) is 3.13. The zero-order chi connectivity index (χ0) is 17.7. The van der Waals surface area contributed by atoms with Crippen molar-refractivity contribution >= 4 is 23.4 Å². The maximum Gasteiger partial charge on any atom is 0.255 e. The van der Waals surface area contributed by atoms with Crippen LogP contribution in [0.15, 0.2) is 12.1 Å². The van der Waals surface area contributed by atoms with Crippen LogP contribution >= 0.6 is 11.6 Å². The van der Waals surface area contributed by atoms with Crippen LogP contribution in [0.4, 0.5) is 0 Å². The highest BCUT2D eigenvalue weighted by atomic mass is 35.5. The van der Waals surface area contributed by atoms with Gasteiger partial charge in [-0.3, -0.25) is 9.59 Å². The van der Waals surface area contributed by atoms with Gasteiger partial charge in [-0.2, -0.15) is 0 Å². The van der Waals surface area contributed by atoms with Gasteiger partial charge in [0.1, 0.15) is 0 Å². The average Bonchev–Trinajstić information content (AvgIpc) is 2.76. The third-order valence-electron chi connectivity index (χ3n) is 4.14. The number of benzene rings is 1. The number of nitrogens with zero attached hydrogens (tertiary/aromatic N) is 1. The number of nitrogens with two attached hydrogens (primary N) is 1. The van der Waals surface area contributed by atoms with Gasteiger partial charge in [-0.05, 0) is 37.3 Å². The maximum atomic E-state index is 12.8. The van der Waals surface area contributed by atoms with E-state index in [9.17, 15) is 9.59 Å². The smallest absolute Gasteiger partial charge is 0.255 e. The van der Waals surface area contributed by atoms with Gasteiger partial charge in [-0.1, -0.05) is 18.5 Å². The van der Waals surface area contributed by atoms with E-state index in [1.165, 1.54) is 13.2 Å². The van der Waals surface area contributed by atoms with Gasteiger partial charge in [-0.15, -0.1) is 0 Å². The fourth-order valence-electron chi connectivity index (χ4n) is 2.78. The molecule has 0 bridgehead atoms. The van der Waals surface area contributed by atoms with Crippen molar-refractivity contribution in [2.75, 3.05) is 26.8 Å². The largest absolute Gasteiger partial charge is 0.493 e. The molecule has 1 aromatic rings. The summed E-state index contributed by atoms with van der Waals surface area (Å²) in [6, 6.07) is 3.12. The first kappa shape index (κ1) is 18.4. The monoisotopic (exact) mass is 354 g/mol. The van der Waals surface area contributed by atoms with Gasteiger partial charge in [0.25, 0.3) is 11.8 Å². The van der Waals surface area contributed by atoms with Crippen LogP contribution in [-0.4, -0.2) is 43.5 Å². The summed E-state index contributed by atoms with van der Waals surface area (Å²) in [6.45, 7) is 3.37. The first-order valence-corrected chi connectivity index (χ1v) is 8.38. The van der Waals surface area contributed by atoms with Crippen LogP contribution in [0.2, 0.25) is 5.02 Å². The molecule has 0 aliphatic carbocycles. The predicted molar refractivity (Wildman–Crippen MR) is 91.6 cm³/mol. The predicted octanol–water partition coefficient (Wildman–Crippen LogP) is 2.47. The number of methoxy groups -OCH3 is 1. The molecule has 7 heteroatoms. The SMILES string of the molecule is COc1cc(C(=O)N2CCC[C@H](C)CC2)cc(Cl)c1OCC(N)=O. The maximum absolute atomic E-state index is 12.8. The lowest BCUT2D eigenvalue weighted by molar-refractivity contribution is -0.119. The molecule has 0 unspecified atom stereocenters. The van der Waals surface area contributed by atoms with Crippen LogP contribution in [0.3, 0.4) is 0 Å². The molecule has 0 radical (unpaired) electrons. The third-order valence-corrected chi connectivity index (χ3v) is 4.42. The Labute approximate surface area is 146 Å². The van der Waals surface area contributed by atoms with Gasteiger partial charge in [-0.25, -0.2) is 0 Å². The van der Waals surface area contributed by atoms with Crippen LogP contribution in [0.1, 0.15) is 36.5 Å². The molecule has 1 fully saturated rings. The molecule has 6 nitrogen and oxygen atoms in total. The molecular weight excluding hydrogens is 332 g/mol. The molecule has 1 atom stereocenters. The molecular formula is C17H23ClN2O4. The molecule has 1 aliphatic heterocycles. The van der Waals surface area contributed by atoms with Crippen molar-refractivity contribution in [3.8, 4) is 11.5 Å². The first-order chi connectivity index (χ1) is 11.4. The lowest BCUT2D eigenvalue weighted by atomic mass is 10.0. The van der Waals surface area contributed by atoms with E-state index in [1.54, 1.807) is 6.07 Å². The first-order valence-electron chi connectivity index (χ1n) is 8.00. The minimum Gasteiger partial charge on any atom is -0.493 e. The molecule has 2 rings (SSSR count). The standard InChI is InChI=1S/C17H23ClN2O4/c1-11-4-3-6-20(7-5-11)17(22)12-8-13(18)16(14(9-12)23-2)24-10-15(19)21/h8-9,11H,3-7,10H2,1-2H3,(H2,19,21)/t11-/m0/s1. The van der Waals surface area contributed by atoms with Crippen molar-refractivity contribution in [2.45, 2.75) is 26.2 Å². The average molecular weight is 355 g/mol. The fourth-order valence-corrected chi connectivity index (χ4v) is 3.04. The molecule has 0 aromatic heterocycles. The molecule has 2 amide bonds. The number of amides is 2. The van der Waals surface area contributed by atoms with Crippen LogP contribution in [0.5, 0.6) is 11.5 Å². The molecule has 1 aromatic carbocycles. The van der Waals surface area contributed by atoms with E-state index >= 15 is 0 Å². The second-order valence-electron chi connectivity index (χ2n) is 6.07. The summed E-state index contributed by atoms with van der Waals surface area (Å²) in [5.41, 5.74) is 5.52. The molecule has 1 heterocycles.